The van der Waals surface area contributed by atoms with Crippen molar-refractivity contribution in [1.29, 1.82) is 0 Å². The van der Waals surface area contributed by atoms with Gasteiger partial charge >= 0.3 is 0 Å². The molecular weight excluding hydrogens is 236 g/mol. The van der Waals surface area contributed by atoms with Gasteiger partial charge in [-0.15, -0.1) is 11.6 Å². The largest absolute Gasteiger partial charge is 0.306 e. The van der Waals surface area contributed by atoms with Crippen molar-refractivity contribution in [3.8, 4) is 0 Å². The number of hydrogen-bond donors (Lipinski definition) is 0. The fourth-order valence-corrected chi connectivity index (χ4v) is 1.76. The van der Waals surface area contributed by atoms with Crippen molar-refractivity contribution in [2.45, 2.75) is 25.3 Å². The first-order chi connectivity index (χ1) is 7.59. The van der Waals surface area contributed by atoms with Gasteiger partial charge < -0.3 is 4.57 Å². The first-order valence-corrected chi connectivity index (χ1v) is 5.26. The number of aromatic nitrogens is 3. The Morgan fingerprint density at radius 2 is 2.25 bits per heavy atom. The molecule has 0 saturated carbocycles. The van der Waals surface area contributed by atoms with E-state index in [0.29, 0.717) is 17.0 Å². The number of fused-ring (bicyclic) bond motifs is 1. The molecule has 0 bridgehead atoms. The van der Waals surface area contributed by atoms with E-state index in [0.717, 1.165) is 0 Å². The van der Waals surface area contributed by atoms with Crippen LogP contribution in [0.4, 0.5) is 8.78 Å². The summed E-state index contributed by atoms with van der Waals surface area (Å²) in [7, 11) is 0. The molecule has 0 N–H and O–H groups in total. The molecule has 16 heavy (non-hydrogen) atoms. The van der Waals surface area contributed by atoms with E-state index < -0.39 is 18.3 Å². The van der Waals surface area contributed by atoms with Gasteiger partial charge in [0.2, 0.25) is 0 Å². The molecule has 0 spiro atoms. The minimum absolute atomic E-state index is 0.423. The molecular formula is C10H10ClF2N3. The summed E-state index contributed by atoms with van der Waals surface area (Å²) < 4.78 is 26.3. The number of nitrogens with zero attached hydrogens (tertiary/aromatic N) is 3. The Bertz CT molecular complexity index is 496. The molecule has 0 amide bonds. The van der Waals surface area contributed by atoms with E-state index in [-0.39, 0.29) is 0 Å². The van der Waals surface area contributed by atoms with Crippen LogP contribution in [0.25, 0.3) is 11.2 Å². The summed E-state index contributed by atoms with van der Waals surface area (Å²) in [6.45, 7) is 1.27. The Labute approximate surface area is 96.1 Å². The Morgan fingerprint density at radius 1 is 1.50 bits per heavy atom. The zero-order valence-electron chi connectivity index (χ0n) is 8.57. The fourth-order valence-electron chi connectivity index (χ4n) is 1.60. The second-order valence-electron chi connectivity index (χ2n) is 3.43. The summed E-state index contributed by atoms with van der Waals surface area (Å²) in [4.78, 5) is 8.25. The predicted molar refractivity (Wildman–Crippen MR) is 57.8 cm³/mol. The molecule has 0 fully saturated rings. The number of imidazole rings is 1. The molecule has 6 heteroatoms. The summed E-state index contributed by atoms with van der Waals surface area (Å²) in [6, 6.07) is 3.44. The normalized spacial score (nSPS) is 13.6. The van der Waals surface area contributed by atoms with Crippen LogP contribution in [0.3, 0.4) is 0 Å². The van der Waals surface area contributed by atoms with Crippen LogP contribution in [0, 0.1) is 0 Å². The SMILES string of the molecule is CC(Cl)c1nc2cccnc2n1CC(F)F. The van der Waals surface area contributed by atoms with Crippen LogP contribution in [0.15, 0.2) is 18.3 Å². The molecule has 0 aliphatic rings. The van der Waals surface area contributed by atoms with Gasteiger partial charge in [0.25, 0.3) is 6.43 Å². The smallest absolute Gasteiger partial charge is 0.256 e. The van der Waals surface area contributed by atoms with E-state index in [2.05, 4.69) is 9.97 Å². The monoisotopic (exact) mass is 245 g/mol. The van der Waals surface area contributed by atoms with Gasteiger partial charge in [-0.2, -0.15) is 0 Å². The third-order valence-corrected chi connectivity index (χ3v) is 2.40. The van der Waals surface area contributed by atoms with Gasteiger partial charge in [0.05, 0.1) is 11.9 Å². The quantitative estimate of drug-likeness (QED) is 0.779. The van der Waals surface area contributed by atoms with E-state index in [1.54, 1.807) is 25.3 Å². The first kappa shape index (κ1) is 11.3. The molecule has 0 aliphatic heterocycles. The van der Waals surface area contributed by atoms with Crippen molar-refractivity contribution in [3.63, 3.8) is 0 Å². The molecule has 0 saturated heterocycles. The van der Waals surface area contributed by atoms with Crippen molar-refractivity contribution < 1.29 is 8.78 Å². The number of rotatable bonds is 3. The highest BCUT2D eigenvalue weighted by atomic mass is 35.5. The zero-order valence-corrected chi connectivity index (χ0v) is 9.33. The van der Waals surface area contributed by atoms with E-state index in [9.17, 15) is 8.78 Å². The lowest BCUT2D eigenvalue weighted by Crippen LogP contribution is -2.11. The van der Waals surface area contributed by atoms with Crippen molar-refractivity contribution in [2.75, 3.05) is 0 Å². The number of pyridine rings is 1. The summed E-state index contributed by atoms with van der Waals surface area (Å²) in [5, 5.41) is -0.423. The molecule has 0 radical (unpaired) electrons. The van der Waals surface area contributed by atoms with Crippen LogP contribution < -0.4 is 0 Å². The summed E-state index contributed by atoms with van der Waals surface area (Å²) in [5.41, 5.74) is 1.04. The van der Waals surface area contributed by atoms with Gasteiger partial charge in [0.1, 0.15) is 11.3 Å². The summed E-state index contributed by atoms with van der Waals surface area (Å²) in [6.07, 6.45) is -0.900. The highest BCUT2D eigenvalue weighted by Gasteiger charge is 2.18. The summed E-state index contributed by atoms with van der Waals surface area (Å²) >= 11 is 5.91. The van der Waals surface area contributed by atoms with Crippen molar-refractivity contribution in [1.82, 2.24) is 14.5 Å². The maximum Gasteiger partial charge on any atom is 0.256 e. The Hall–Kier alpha value is -1.23. The molecule has 1 unspecified atom stereocenters. The molecule has 2 rings (SSSR count). The lowest BCUT2D eigenvalue weighted by Gasteiger charge is -2.08. The second kappa shape index (κ2) is 4.33. The average Bonchev–Trinajstić information content (AvgIpc) is 2.57. The number of halogens is 3. The van der Waals surface area contributed by atoms with Gasteiger partial charge in [0, 0.05) is 6.20 Å². The van der Waals surface area contributed by atoms with E-state index >= 15 is 0 Å². The first-order valence-electron chi connectivity index (χ1n) is 4.83. The van der Waals surface area contributed by atoms with Gasteiger partial charge in [-0.05, 0) is 19.1 Å². The molecule has 2 heterocycles. The zero-order chi connectivity index (χ0) is 11.7. The van der Waals surface area contributed by atoms with Crippen molar-refractivity contribution in [2.24, 2.45) is 0 Å². The van der Waals surface area contributed by atoms with Gasteiger partial charge in [-0.1, -0.05) is 0 Å². The molecule has 2 aromatic rings. The lowest BCUT2D eigenvalue weighted by atomic mass is 10.4. The van der Waals surface area contributed by atoms with Gasteiger partial charge in [-0.3, -0.25) is 0 Å². The Morgan fingerprint density at radius 3 is 2.88 bits per heavy atom. The van der Waals surface area contributed by atoms with E-state index in [4.69, 9.17) is 11.6 Å². The molecule has 0 aromatic carbocycles. The third kappa shape index (κ3) is 2.00. The predicted octanol–water partition coefficient (Wildman–Crippen LogP) is 3.00. The Kier molecular flexibility index (Phi) is 3.05. The highest BCUT2D eigenvalue weighted by Crippen LogP contribution is 2.23. The van der Waals surface area contributed by atoms with Crippen molar-refractivity contribution >= 4 is 22.8 Å². The van der Waals surface area contributed by atoms with Crippen LogP contribution in [-0.2, 0) is 6.54 Å². The van der Waals surface area contributed by atoms with Crippen molar-refractivity contribution in [3.05, 3.63) is 24.2 Å². The van der Waals surface area contributed by atoms with E-state index in [1.165, 1.54) is 4.57 Å². The Balaban J connectivity index is 2.60. The van der Waals surface area contributed by atoms with Gasteiger partial charge in [-0.25, -0.2) is 18.7 Å². The minimum Gasteiger partial charge on any atom is -0.306 e. The topological polar surface area (TPSA) is 30.7 Å². The van der Waals surface area contributed by atoms with Crippen LogP contribution in [0.2, 0.25) is 0 Å². The van der Waals surface area contributed by atoms with Crippen LogP contribution >= 0.6 is 11.6 Å². The third-order valence-electron chi connectivity index (χ3n) is 2.21. The highest BCUT2D eigenvalue weighted by molar-refractivity contribution is 6.20. The lowest BCUT2D eigenvalue weighted by molar-refractivity contribution is 0.126. The van der Waals surface area contributed by atoms with Crippen LogP contribution in [-0.4, -0.2) is 21.0 Å². The maximum absolute atomic E-state index is 12.4. The molecule has 0 aliphatic carbocycles. The minimum atomic E-state index is -2.45. The summed E-state index contributed by atoms with van der Waals surface area (Å²) in [5.74, 6) is 0.427. The average molecular weight is 246 g/mol. The molecule has 1 atom stereocenters. The fraction of sp³-hybridized carbons (Fsp3) is 0.400. The van der Waals surface area contributed by atoms with Crippen LogP contribution in [0.5, 0.6) is 0 Å². The van der Waals surface area contributed by atoms with Gasteiger partial charge in [0.15, 0.2) is 5.65 Å². The standard InChI is InChI=1S/C10H10ClF2N3/c1-6(11)9-15-7-3-2-4-14-10(7)16(9)5-8(12)13/h2-4,6,8H,5H2,1H3. The molecule has 86 valence electrons. The number of hydrogen-bond acceptors (Lipinski definition) is 2. The molecule has 3 nitrogen and oxygen atoms in total. The second-order valence-corrected chi connectivity index (χ2v) is 4.09. The van der Waals surface area contributed by atoms with E-state index in [1.807, 2.05) is 0 Å². The molecule has 2 aromatic heterocycles. The number of alkyl halides is 3. The maximum atomic E-state index is 12.4. The van der Waals surface area contributed by atoms with Crippen LogP contribution in [0.1, 0.15) is 18.1 Å².